The predicted octanol–water partition coefficient (Wildman–Crippen LogP) is 1.91. The van der Waals surface area contributed by atoms with Crippen LogP contribution in [0.25, 0.3) is 0 Å². The van der Waals surface area contributed by atoms with E-state index in [2.05, 4.69) is 5.32 Å². The highest BCUT2D eigenvalue weighted by Crippen LogP contribution is 2.31. The number of piperidine rings is 1. The van der Waals surface area contributed by atoms with Crippen LogP contribution in [0.15, 0.2) is 24.3 Å². The number of thioether (sulfide) groups is 1. The quantitative estimate of drug-likeness (QED) is 0.743. The third kappa shape index (κ3) is 4.79. The third-order valence-electron chi connectivity index (χ3n) is 5.22. The molecule has 1 spiro atoms. The Balaban J connectivity index is 1.65. The SMILES string of the molecule is COc1ccccc1C(=O)NC(CCSC)C(=O)N1CCC2(CC1)OCCO2. The molecule has 1 unspecified atom stereocenters. The molecule has 1 aromatic carbocycles. The Morgan fingerprint density at radius 1 is 1.25 bits per heavy atom. The van der Waals surface area contributed by atoms with Crippen molar-refractivity contribution < 1.29 is 23.8 Å². The summed E-state index contributed by atoms with van der Waals surface area (Å²) in [4.78, 5) is 27.7. The molecule has 3 rings (SSSR count). The molecule has 28 heavy (non-hydrogen) atoms. The molecule has 1 N–H and O–H groups in total. The lowest BCUT2D eigenvalue weighted by atomic mass is 10.0. The van der Waals surface area contributed by atoms with E-state index in [-0.39, 0.29) is 11.8 Å². The molecule has 1 aromatic rings. The first-order valence-electron chi connectivity index (χ1n) is 9.58. The molecule has 2 aliphatic rings. The maximum Gasteiger partial charge on any atom is 0.255 e. The van der Waals surface area contributed by atoms with E-state index in [1.807, 2.05) is 17.2 Å². The Bertz CT molecular complexity index is 683. The summed E-state index contributed by atoms with van der Waals surface area (Å²) in [6.07, 6.45) is 3.89. The van der Waals surface area contributed by atoms with E-state index in [9.17, 15) is 9.59 Å². The lowest BCUT2D eigenvalue weighted by molar-refractivity contribution is -0.187. The van der Waals surface area contributed by atoms with Gasteiger partial charge < -0.3 is 24.4 Å². The standard InChI is InChI=1S/C20H28N2O5S/c1-25-17-6-4-3-5-15(17)18(23)21-16(7-14-28-2)19(24)22-10-8-20(9-11-22)26-12-13-27-20/h3-6,16H,7-14H2,1-2H3,(H,21,23). The van der Waals surface area contributed by atoms with E-state index in [4.69, 9.17) is 14.2 Å². The number of hydrogen-bond acceptors (Lipinski definition) is 6. The van der Waals surface area contributed by atoms with Crippen molar-refractivity contribution in [1.82, 2.24) is 10.2 Å². The van der Waals surface area contributed by atoms with Crippen LogP contribution in [0.3, 0.4) is 0 Å². The van der Waals surface area contributed by atoms with Crippen LogP contribution in [-0.2, 0) is 14.3 Å². The van der Waals surface area contributed by atoms with Gasteiger partial charge in [0.1, 0.15) is 11.8 Å². The molecule has 154 valence electrons. The Labute approximate surface area is 170 Å². The first-order valence-corrected chi connectivity index (χ1v) is 11.0. The minimum absolute atomic E-state index is 0.0508. The van der Waals surface area contributed by atoms with Gasteiger partial charge in [-0.05, 0) is 30.6 Å². The highest BCUT2D eigenvalue weighted by Gasteiger charge is 2.41. The Morgan fingerprint density at radius 3 is 2.57 bits per heavy atom. The molecule has 2 heterocycles. The fourth-order valence-corrected chi connectivity index (χ4v) is 4.11. The minimum atomic E-state index is -0.565. The Morgan fingerprint density at radius 2 is 1.93 bits per heavy atom. The van der Waals surface area contributed by atoms with Gasteiger partial charge in [0.2, 0.25) is 5.91 Å². The van der Waals surface area contributed by atoms with Crippen molar-refractivity contribution in [2.45, 2.75) is 31.1 Å². The number of nitrogens with one attached hydrogen (secondary N) is 1. The topological polar surface area (TPSA) is 77.1 Å². The summed E-state index contributed by atoms with van der Waals surface area (Å²) in [6.45, 7) is 2.36. The zero-order valence-electron chi connectivity index (χ0n) is 16.4. The van der Waals surface area contributed by atoms with E-state index in [1.165, 1.54) is 7.11 Å². The summed E-state index contributed by atoms with van der Waals surface area (Å²) in [5, 5.41) is 2.91. The summed E-state index contributed by atoms with van der Waals surface area (Å²) >= 11 is 1.65. The maximum atomic E-state index is 13.1. The van der Waals surface area contributed by atoms with Gasteiger partial charge >= 0.3 is 0 Å². The van der Waals surface area contributed by atoms with Crippen LogP contribution in [0.1, 0.15) is 29.6 Å². The number of likely N-dealkylation sites (tertiary alicyclic amines) is 1. The smallest absolute Gasteiger partial charge is 0.255 e. The van der Waals surface area contributed by atoms with Gasteiger partial charge in [-0.15, -0.1) is 0 Å². The third-order valence-corrected chi connectivity index (χ3v) is 5.86. The second-order valence-electron chi connectivity index (χ2n) is 6.94. The monoisotopic (exact) mass is 408 g/mol. The van der Waals surface area contributed by atoms with Crippen molar-refractivity contribution in [3.8, 4) is 5.75 Å². The minimum Gasteiger partial charge on any atom is -0.496 e. The number of rotatable bonds is 7. The number of methoxy groups -OCH3 is 1. The number of benzene rings is 1. The number of carbonyl (C=O) groups excluding carboxylic acids is 2. The summed E-state index contributed by atoms with van der Waals surface area (Å²) < 4.78 is 16.7. The normalized spacial score (nSPS) is 19.4. The Kier molecular flexibility index (Phi) is 7.20. The lowest BCUT2D eigenvalue weighted by Crippen LogP contribution is -2.54. The fraction of sp³-hybridized carbons (Fsp3) is 0.600. The van der Waals surface area contributed by atoms with Crippen LogP contribution in [0.2, 0.25) is 0 Å². The van der Waals surface area contributed by atoms with Crippen LogP contribution < -0.4 is 10.1 Å². The molecule has 0 bridgehead atoms. The molecule has 7 nitrogen and oxygen atoms in total. The van der Waals surface area contributed by atoms with E-state index in [1.54, 1.807) is 30.0 Å². The molecule has 1 atom stereocenters. The molecule has 2 aliphatic heterocycles. The zero-order chi connectivity index (χ0) is 20.0. The number of amides is 2. The van der Waals surface area contributed by atoms with Gasteiger partial charge in [0, 0.05) is 25.9 Å². The molecular formula is C20H28N2O5S. The first-order chi connectivity index (χ1) is 13.6. The second kappa shape index (κ2) is 9.62. The number of carbonyl (C=O) groups is 2. The van der Waals surface area contributed by atoms with Gasteiger partial charge in [-0.1, -0.05) is 12.1 Å². The van der Waals surface area contributed by atoms with Crippen LogP contribution >= 0.6 is 11.8 Å². The van der Waals surface area contributed by atoms with Crippen molar-refractivity contribution in [1.29, 1.82) is 0 Å². The summed E-state index contributed by atoms with van der Waals surface area (Å²) in [6, 6.07) is 6.46. The summed E-state index contributed by atoms with van der Waals surface area (Å²) in [5.41, 5.74) is 0.428. The van der Waals surface area contributed by atoms with Gasteiger partial charge in [0.05, 0.1) is 25.9 Å². The lowest BCUT2D eigenvalue weighted by Gasteiger charge is -2.38. The van der Waals surface area contributed by atoms with Crippen LogP contribution in [-0.4, -0.2) is 74.0 Å². The molecule has 2 fully saturated rings. The largest absolute Gasteiger partial charge is 0.496 e. The molecule has 0 saturated carbocycles. The first kappa shape index (κ1) is 21.0. The molecular weight excluding hydrogens is 380 g/mol. The van der Waals surface area contributed by atoms with Crippen molar-refractivity contribution in [3.63, 3.8) is 0 Å². The van der Waals surface area contributed by atoms with Crippen LogP contribution in [0.5, 0.6) is 5.75 Å². The highest BCUT2D eigenvalue weighted by atomic mass is 32.2. The van der Waals surface area contributed by atoms with E-state index < -0.39 is 11.8 Å². The van der Waals surface area contributed by atoms with Crippen molar-refractivity contribution in [2.24, 2.45) is 0 Å². The van der Waals surface area contributed by atoms with E-state index in [0.717, 1.165) is 5.75 Å². The van der Waals surface area contributed by atoms with Crippen LogP contribution in [0, 0.1) is 0 Å². The maximum absolute atomic E-state index is 13.1. The molecule has 2 amide bonds. The van der Waals surface area contributed by atoms with Gasteiger partial charge in [-0.2, -0.15) is 11.8 Å². The number of ether oxygens (including phenoxy) is 3. The van der Waals surface area contributed by atoms with Gasteiger partial charge in [0.15, 0.2) is 5.79 Å². The molecule has 0 aliphatic carbocycles. The van der Waals surface area contributed by atoms with Crippen molar-refractivity contribution in [2.75, 3.05) is 45.4 Å². The number of nitrogens with zero attached hydrogens (tertiary/aromatic N) is 1. The average Bonchev–Trinajstić information content (AvgIpc) is 3.18. The van der Waals surface area contributed by atoms with Crippen LogP contribution in [0.4, 0.5) is 0 Å². The Hall–Kier alpha value is -1.77. The number of para-hydroxylation sites is 1. The van der Waals surface area contributed by atoms with Crippen molar-refractivity contribution >= 4 is 23.6 Å². The highest BCUT2D eigenvalue weighted by molar-refractivity contribution is 7.98. The predicted molar refractivity (Wildman–Crippen MR) is 108 cm³/mol. The molecule has 0 radical (unpaired) electrons. The van der Waals surface area contributed by atoms with Gasteiger partial charge in [0.25, 0.3) is 5.91 Å². The van der Waals surface area contributed by atoms with E-state index in [0.29, 0.717) is 56.9 Å². The van der Waals surface area contributed by atoms with Crippen molar-refractivity contribution in [3.05, 3.63) is 29.8 Å². The average molecular weight is 409 g/mol. The number of hydrogen-bond donors (Lipinski definition) is 1. The van der Waals surface area contributed by atoms with Gasteiger partial charge in [-0.25, -0.2) is 0 Å². The summed E-state index contributed by atoms with van der Waals surface area (Å²) in [7, 11) is 1.53. The molecule has 0 aromatic heterocycles. The fourth-order valence-electron chi connectivity index (χ4n) is 3.64. The summed E-state index contributed by atoms with van der Waals surface area (Å²) in [5.74, 6) is 0.406. The van der Waals surface area contributed by atoms with Gasteiger partial charge in [-0.3, -0.25) is 9.59 Å². The molecule has 8 heteroatoms. The molecule has 2 saturated heterocycles. The van der Waals surface area contributed by atoms with E-state index >= 15 is 0 Å². The zero-order valence-corrected chi connectivity index (χ0v) is 17.3. The second-order valence-corrected chi connectivity index (χ2v) is 7.93.